The molecule has 1 aromatic rings. The van der Waals surface area contributed by atoms with Crippen LogP contribution in [-0.4, -0.2) is 40.3 Å². The molecule has 0 aliphatic heterocycles. The van der Waals surface area contributed by atoms with Gasteiger partial charge in [0.05, 0.1) is 12.9 Å². The summed E-state index contributed by atoms with van der Waals surface area (Å²) < 4.78 is 29.3. The Balaban J connectivity index is 2.68. The minimum absolute atomic E-state index is 0.0914. The summed E-state index contributed by atoms with van der Waals surface area (Å²) in [6.07, 6.45) is 1.07. The molecule has 1 amide bonds. The number of anilines is 1. The molecule has 0 fully saturated rings. The number of carbonyl (C=O) groups excluding carboxylic acids is 1. The summed E-state index contributed by atoms with van der Waals surface area (Å²) in [6.45, 7) is 2.26. The molecular weight excluding hydrogens is 268 g/mol. The number of benzene rings is 1. The fourth-order valence-electron chi connectivity index (χ4n) is 1.50. The van der Waals surface area contributed by atoms with Gasteiger partial charge in [-0.1, -0.05) is 0 Å². The summed E-state index contributed by atoms with van der Waals surface area (Å²) in [5.74, 6) is -0.226. The number of carbonyl (C=O) groups is 1. The maximum Gasteiger partial charge on any atom is 0.251 e. The Morgan fingerprint density at radius 2 is 1.89 bits per heavy atom. The smallest absolute Gasteiger partial charge is 0.251 e. The first kappa shape index (κ1) is 15.5. The van der Waals surface area contributed by atoms with Gasteiger partial charge in [0.15, 0.2) is 0 Å². The van der Waals surface area contributed by atoms with Crippen LogP contribution in [0.25, 0.3) is 0 Å². The average molecular weight is 286 g/mol. The molecule has 1 unspecified atom stereocenters. The number of amides is 1. The first-order valence-electron chi connectivity index (χ1n) is 5.69. The molecule has 1 rings (SSSR count). The third kappa shape index (κ3) is 5.71. The van der Waals surface area contributed by atoms with Crippen LogP contribution in [0.4, 0.5) is 5.69 Å². The van der Waals surface area contributed by atoms with E-state index in [1.54, 1.807) is 19.2 Å². The normalized spacial score (nSPS) is 12.8. The van der Waals surface area contributed by atoms with Crippen molar-refractivity contribution in [3.05, 3.63) is 29.8 Å². The van der Waals surface area contributed by atoms with Gasteiger partial charge in [-0.2, -0.15) is 0 Å². The van der Waals surface area contributed by atoms with Gasteiger partial charge in [-0.25, -0.2) is 8.42 Å². The number of ether oxygens (including phenoxy) is 1. The van der Waals surface area contributed by atoms with Gasteiger partial charge in [0.2, 0.25) is 10.0 Å². The van der Waals surface area contributed by atoms with E-state index in [0.717, 1.165) is 6.26 Å². The summed E-state index contributed by atoms with van der Waals surface area (Å²) in [4.78, 5) is 11.8. The van der Waals surface area contributed by atoms with E-state index in [1.807, 2.05) is 6.92 Å². The van der Waals surface area contributed by atoms with E-state index in [0.29, 0.717) is 17.9 Å². The molecule has 19 heavy (non-hydrogen) atoms. The van der Waals surface area contributed by atoms with Crippen LogP contribution < -0.4 is 10.0 Å². The van der Waals surface area contributed by atoms with Crippen LogP contribution in [0.5, 0.6) is 0 Å². The van der Waals surface area contributed by atoms with Crippen LogP contribution in [0.3, 0.4) is 0 Å². The number of rotatable bonds is 6. The van der Waals surface area contributed by atoms with Crippen molar-refractivity contribution in [3.63, 3.8) is 0 Å². The number of hydrogen-bond acceptors (Lipinski definition) is 4. The summed E-state index contributed by atoms with van der Waals surface area (Å²) in [7, 11) is -1.74. The highest BCUT2D eigenvalue weighted by Gasteiger charge is 2.10. The van der Waals surface area contributed by atoms with Crippen molar-refractivity contribution >= 4 is 21.6 Å². The van der Waals surface area contributed by atoms with E-state index in [2.05, 4.69) is 10.0 Å². The Morgan fingerprint density at radius 1 is 1.32 bits per heavy atom. The van der Waals surface area contributed by atoms with Crippen molar-refractivity contribution in [1.29, 1.82) is 0 Å². The van der Waals surface area contributed by atoms with Crippen LogP contribution in [0.1, 0.15) is 17.3 Å². The molecule has 0 radical (unpaired) electrons. The molecule has 0 aliphatic carbocycles. The van der Waals surface area contributed by atoms with E-state index in [9.17, 15) is 13.2 Å². The standard InChI is InChI=1S/C12H18N2O4S/c1-9(8-18-2)13-12(15)10-4-6-11(7-5-10)14-19(3,16)17/h4-7,9,14H,8H2,1-3H3,(H,13,15). The van der Waals surface area contributed by atoms with Gasteiger partial charge in [0, 0.05) is 24.4 Å². The quantitative estimate of drug-likeness (QED) is 0.811. The number of methoxy groups -OCH3 is 1. The fraction of sp³-hybridized carbons (Fsp3) is 0.417. The molecule has 0 bridgehead atoms. The zero-order valence-corrected chi connectivity index (χ0v) is 12.0. The second-order valence-electron chi connectivity index (χ2n) is 4.28. The molecule has 7 heteroatoms. The van der Waals surface area contributed by atoms with Crippen molar-refractivity contribution in [2.24, 2.45) is 0 Å². The van der Waals surface area contributed by atoms with Gasteiger partial charge < -0.3 is 10.1 Å². The van der Waals surface area contributed by atoms with Gasteiger partial charge >= 0.3 is 0 Å². The monoisotopic (exact) mass is 286 g/mol. The van der Waals surface area contributed by atoms with Gasteiger partial charge in [-0.3, -0.25) is 9.52 Å². The summed E-state index contributed by atoms with van der Waals surface area (Å²) >= 11 is 0. The lowest BCUT2D eigenvalue weighted by atomic mass is 10.2. The minimum Gasteiger partial charge on any atom is -0.383 e. The summed E-state index contributed by atoms with van der Waals surface area (Å²) in [6, 6.07) is 6.10. The molecule has 6 nitrogen and oxygen atoms in total. The molecule has 106 valence electrons. The maximum absolute atomic E-state index is 11.8. The molecular formula is C12H18N2O4S. The van der Waals surface area contributed by atoms with Crippen molar-refractivity contribution in [1.82, 2.24) is 5.32 Å². The molecule has 0 aromatic heterocycles. The van der Waals surface area contributed by atoms with Gasteiger partial charge in [0.1, 0.15) is 0 Å². The molecule has 0 spiro atoms. The Labute approximate surface area is 113 Å². The molecule has 0 aliphatic rings. The van der Waals surface area contributed by atoms with Crippen molar-refractivity contribution in [2.45, 2.75) is 13.0 Å². The highest BCUT2D eigenvalue weighted by atomic mass is 32.2. The predicted molar refractivity (Wildman–Crippen MR) is 73.7 cm³/mol. The van der Waals surface area contributed by atoms with Crippen LogP contribution in [0.15, 0.2) is 24.3 Å². The Hall–Kier alpha value is -1.60. The average Bonchev–Trinajstić information content (AvgIpc) is 2.27. The van der Waals surface area contributed by atoms with Crippen molar-refractivity contribution in [2.75, 3.05) is 24.7 Å². The highest BCUT2D eigenvalue weighted by molar-refractivity contribution is 7.92. The Morgan fingerprint density at radius 3 is 2.37 bits per heavy atom. The van der Waals surface area contributed by atoms with E-state index in [1.165, 1.54) is 12.1 Å². The molecule has 2 N–H and O–H groups in total. The molecule has 0 saturated heterocycles. The minimum atomic E-state index is -3.30. The zero-order valence-electron chi connectivity index (χ0n) is 11.1. The first-order chi connectivity index (χ1) is 8.81. The number of hydrogen-bond donors (Lipinski definition) is 2. The lowest BCUT2D eigenvalue weighted by Crippen LogP contribution is -2.35. The summed E-state index contributed by atoms with van der Waals surface area (Å²) in [5, 5.41) is 2.76. The predicted octanol–water partition coefficient (Wildman–Crippen LogP) is 0.823. The van der Waals surface area contributed by atoms with Crippen LogP contribution >= 0.6 is 0 Å². The third-order valence-corrected chi connectivity index (χ3v) is 2.85. The van der Waals surface area contributed by atoms with E-state index in [4.69, 9.17) is 4.74 Å². The molecule has 1 aromatic carbocycles. The van der Waals surface area contributed by atoms with Crippen LogP contribution in [-0.2, 0) is 14.8 Å². The Kier molecular flexibility index (Phi) is 5.31. The lowest BCUT2D eigenvalue weighted by molar-refractivity contribution is 0.0905. The second-order valence-corrected chi connectivity index (χ2v) is 6.03. The molecule has 1 atom stereocenters. The second kappa shape index (κ2) is 6.53. The van der Waals surface area contributed by atoms with Crippen LogP contribution in [0.2, 0.25) is 0 Å². The van der Waals surface area contributed by atoms with Gasteiger partial charge in [-0.05, 0) is 31.2 Å². The number of sulfonamides is 1. The van der Waals surface area contributed by atoms with Gasteiger partial charge in [0.25, 0.3) is 5.91 Å². The Bertz CT molecular complexity index is 525. The van der Waals surface area contributed by atoms with Crippen molar-refractivity contribution < 1.29 is 17.9 Å². The lowest BCUT2D eigenvalue weighted by Gasteiger charge is -2.13. The zero-order chi connectivity index (χ0) is 14.5. The van der Waals surface area contributed by atoms with Crippen LogP contribution in [0, 0.1) is 0 Å². The third-order valence-electron chi connectivity index (χ3n) is 2.24. The number of nitrogens with one attached hydrogen (secondary N) is 2. The SMILES string of the molecule is COCC(C)NC(=O)c1ccc(NS(C)(=O)=O)cc1. The van der Waals surface area contributed by atoms with E-state index >= 15 is 0 Å². The molecule has 0 saturated carbocycles. The van der Waals surface area contributed by atoms with E-state index < -0.39 is 10.0 Å². The van der Waals surface area contributed by atoms with Gasteiger partial charge in [-0.15, -0.1) is 0 Å². The topological polar surface area (TPSA) is 84.5 Å². The van der Waals surface area contributed by atoms with E-state index in [-0.39, 0.29) is 11.9 Å². The maximum atomic E-state index is 11.8. The van der Waals surface area contributed by atoms with Crippen molar-refractivity contribution in [3.8, 4) is 0 Å². The molecule has 0 heterocycles. The first-order valence-corrected chi connectivity index (χ1v) is 7.58. The summed E-state index contributed by atoms with van der Waals surface area (Å²) in [5.41, 5.74) is 0.881. The highest BCUT2D eigenvalue weighted by Crippen LogP contribution is 2.10. The largest absolute Gasteiger partial charge is 0.383 e. The fourth-order valence-corrected chi connectivity index (χ4v) is 2.07.